The Balaban J connectivity index is 1.79. The number of ether oxygens (including phenoxy) is 1. The summed E-state index contributed by atoms with van der Waals surface area (Å²) in [5.74, 6) is 1.12. The molecule has 1 heterocycles. The van der Waals surface area contributed by atoms with E-state index < -0.39 is 0 Å². The molecule has 0 unspecified atom stereocenters. The monoisotopic (exact) mass is 416 g/mol. The molecule has 0 fully saturated rings. The molecule has 0 saturated heterocycles. The highest BCUT2D eigenvalue weighted by Gasteiger charge is 2.33. The molecular formula is C25H21ClN2O2. The molecule has 0 aromatic heterocycles. The molecule has 0 radical (unpaired) electrons. The van der Waals surface area contributed by atoms with Gasteiger partial charge in [0.25, 0.3) is 5.91 Å². The second-order valence-electron chi connectivity index (χ2n) is 6.93. The lowest BCUT2D eigenvalue weighted by atomic mass is 10.1. The number of benzene rings is 3. The van der Waals surface area contributed by atoms with Crippen molar-refractivity contribution in [3.8, 4) is 5.75 Å². The van der Waals surface area contributed by atoms with Crippen LogP contribution in [0.4, 0.5) is 5.69 Å². The molecule has 0 spiro atoms. The second kappa shape index (κ2) is 8.56. The van der Waals surface area contributed by atoms with Gasteiger partial charge in [0.1, 0.15) is 17.3 Å². The van der Waals surface area contributed by atoms with Gasteiger partial charge in [-0.2, -0.15) is 0 Å². The molecule has 0 bridgehead atoms. The third-order valence-electron chi connectivity index (χ3n) is 4.73. The molecule has 0 aliphatic carbocycles. The van der Waals surface area contributed by atoms with Crippen molar-refractivity contribution < 1.29 is 9.53 Å². The number of anilines is 1. The lowest BCUT2D eigenvalue weighted by Crippen LogP contribution is -2.32. The first-order valence-corrected chi connectivity index (χ1v) is 10.1. The highest BCUT2D eigenvalue weighted by molar-refractivity contribution is 6.39. The Labute approximate surface area is 181 Å². The summed E-state index contributed by atoms with van der Waals surface area (Å²) >= 11 is 6.44. The molecule has 5 heteroatoms. The van der Waals surface area contributed by atoms with E-state index in [4.69, 9.17) is 16.3 Å². The first kappa shape index (κ1) is 19.9. The summed E-state index contributed by atoms with van der Waals surface area (Å²) < 4.78 is 5.49. The van der Waals surface area contributed by atoms with Crippen LogP contribution in [0, 0.1) is 6.92 Å². The van der Waals surface area contributed by atoms with Gasteiger partial charge in [0.2, 0.25) is 0 Å². The van der Waals surface area contributed by atoms with E-state index in [1.807, 2.05) is 80.6 Å². The topological polar surface area (TPSA) is 41.9 Å². The third-order valence-corrected chi connectivity index (χ3v) is 5.06. The van der Waals surface area contributed by atoms with Gasteiger partial charge in [0, 0.05) is 5.56 Å². The van der Waals surface area contributed by atoms with Crippen LogP contribution >= 0.6 is 11.6 Å². The van der Waals surface area contributed by atoms with Gasteiger partial charge < -0.3 is 4.74 Å². The van der Waals surface area contributed by atoms with Crippen molar-refractivity contribution in [3.63, 3.8) is 0 Å². The van der Waals surface area contributed by atoms with Crippen LogP contribution < -0.4 is 9.64 Å². The van der Waals surface area contributed by atoms with Crippen molar-refractivity contribution in [2.45, 2.75) is 13.8 Å². The number of aryl methyl sites for hydroxylation is 1. The third kappa shape index (κ3) is 4.00. The number of amidine groups is 1. The first-order chi connectivity index (χ1) is 14.6. The van der Waals surface area contributed by atoms with Crippen molar-refractivity contribution in [3.05, 3.63) is 100 Å². The van der Waals surface area contributed by atoms with Crippen LogP contribution in [-0.2, 0) is 4.79 Å². The van der Waals surface area contributed by atoms with Gasteiger partial charge in [-0.05, 0) is 67.4 Å². The summed E-state index contributed by atoms with van der Waals surface area (Å²) in [7, 11) is 0. The van der Waals surface area contributed by atoms with Crippen molar-refractivity contribution in [2.75, 3.05) is 11.5 Å². The van der Waals surface area contributed by atoms with E-state index >= 15 is 0 Å². The van der Waals surface area contributed by atoms with Crippen LogP contribution in [0.25, 0.3) is 6.08 Å². The lowest BCUT2D eigenvalue weighted by molar-refractivity contribution is -0.113. The molecule has 150 valence electrons. The van der Waals surface area contributed by atoms with E-state index in [9.17, 15) is 4.79 Å². The zero-order valence-electron chi connectivity index (χ0n) is 16.8. The maximum Gasteiger partial charge on any atom is 0.282 e. The molecule has 3 aromatic carbocycles. The summed E-state index contributed by atoms with van der Waals surface area (Å²) in [5.41, 5.74) is 3.76. The van der Waals surface area contributed by atoms with Crippen LogP contribution in [0.15, 0.2) is 83.5 Å². The smallest absolute Gasteiger partial charge is 0.282 e. The molecule has 3 aromatic rings. The number of carbonyl (C=O) groups is 1. The largest absolute Gasteiger partial charge is 0.494 e. The Morgan fingerprint density at radius 3 is 2.50 bits per heavy atom. The van der Waals surface area contributed by atoms with E-state index in [0.717, 1.165) is 22.6 Å². The van der Waals surface area contributed by atoms with Crippen molar-refractivity contribution in [1.82, 2.24) is 0 Å². The van der Waals surface area contributed by atoms with E-state index in [1.54, 1.807) is 17.0 Å². The second-order valence-corrected chi connectivity index (χ2v) is 7.33. The summed E-state index contributed by atoms with van der Waals surface area (Å²) in [4.78, 5) is 19.7. The molecule has 30 heavy (non-hydrogen) atoms. The van der Waals surface area contributed by atoms with Gasteiger partial charge in [0.05, 0.1) is 17.3 Å². The predicted molar refractivity (Wildman–Crippen MR) is 122 cm³/mol. The fourth-order valence-corrected chi connectivity index (χ4v) is 3.55. The summed E-state index contributed by atoms with van der Waals surface area (Å²) in [5, 5.41) is 0.545. The summed E-state index contributed by atoms with van der Waals surface area (Å²) in [6.45, 7) is 4.54. The number of halogens is 1. The number of hydrogen-bond donors (Lipinski definition) is 0. The molecular weight excluding hydrogens is 396 g/mol. The van der Waals surface area contributed by atoms with Crippen molar-refractivity contribution >= 4 is 35.1 Å². The normalized spacial score (nSPS) is 14.9. The van der Waals surface area contributed by atoms with Gasteiger partial charge in [0.15, 0.2) is 0 Å². The number of rotatable bonds is 5. The zero-order chi connectivity index (χ0) is 21.1. The molecule has 1 aliphatic rings. The number of aliphatic imine (C=N–C) groups is 1. The van der Waals surface area contributed by atoms with E-state index in [2.05, 4.69) is 4.99 Å². The molecule has 1 amide bonds. The van der Waals surface area contributed by atoms with Crippen molar-refractivity contribution in [2.24, 2.45) is 4.99 Å². The average Bonchev–Trinajstić information content (AvgIpc) is 3.06. The number of amides is 1. The Kier molecular flexibility index (Phi) is 5.68. The van der Waals surface area contributed by atoms with Gasteiger partial charge in [-0.15, -0.1) is 0 Å². The zero-order valence-corrected chi connectivity index (χ0v) is 17.6. The Morgan fingerprint density at radius 2 is 1.80 bits per heavy atom. The van der Waals surface area contributed by atoms with Crippen LogP contribution in [0.2, 0.25) is 5.02 Å². The first-order valence-electron chi connectivity index (χ1n) is 9.76. The number of hydrogen-bond acceptors (Lipinski definition) is 3. The van der Waals surface area contributed by atoms with Crippen LogP contribution in [0.1, 0.15) is 23.6 Å². The Morgan fingerprint density at radius 1 is 1.03 bits per heavy atom. The highest BCUT2D eigenvalue weighted by Crippen LogP contribution is 2.31. The Bertz CT molecular complexity index is 1150. The van der Waals surface area contributed by atoms with Crippen LogP contribution in [-0.4, -0.2) is 18.3 Å². The highest BCUT2D eigenvalue weighted by atomic mass is 35.5. The Hall–Kier alpha value is -3.37. The fraction of sp³-hybridized carbons (Fsp3) is 0.120. The number of nitrogens with zero attached hydrogens (tertiary/aromatic N) is 2. The molecule has 0 atom stereocenters. The SMILES string of the molecule is CCOc1ccc(/C=C2/N=C(c3ccccc3Cl)N(c3cccc(C)c3)C2=O)cc1. The molecule has 0 saturated carbocycles. The standard InChI is InChI=1S/C25H21ClN2O2/c1-3-30-20-13-11-18(12-14-20)16-23-25(29)28(19-8-6-7-17(2)15-19)24(27-23)21-9-4-5-10-22(21)26/h4-16H,3H2,1-2H3/b23-16+. The summed E-state index contributed by atoms with van der Waals surface area (Å²) in [6.07, 6.45) is 1.78. The minimum Gasteiger partial charge on any atom is -0.494 e. The molecule has 1 aliphatic heterocycles. The fourth-order valence-electron chi connectivity index (χ4n) is 3.33. The van der Waals surface area contributed by atoms with Gasteiger partial charge in [-0.3, -0.25) is 9.69 Å². The minimum absolute atomic E-state index is 0.190. The van der Waals surface area contributed by atoms with E-state index in [-0.39, 0.29) is 5.91 Å². The predicted octanol–water partition coefficient (Wildman–Crippen LogP) is 5.88. The maximum atomic E-state index is 13.4. The average molecular weight is 417 g/mol. The summed E-state index contributed by atoms with van der Waals surface area (Å²) in [6, 6.07) is 22.8. The van der Waals surface area contributed by atoms with Gasteiger partial charge in [-0.1, -0.05) is 48.0 Å². The molecule has 4 rings (SSSR count). The van der Waals surface area contributed by atoms with E-state index in [1.165, 1.54) is 0 Å². The quantitative estimate of drug-likeness (QED) is 0.487. The molecule has 0 N–H and O–H groups in total. The van der Waals surface area contributed by atoms with E-state index in [0.29, 0.717) is 28.7 Å². The number of carbonyl (C=O) groups excluding carboxylic acids is 1. The molecule has 4 nitrogen and oxygen atoms in total. The van der Waals surface area contributed by atoms with Crippen molar-refractivity contribution in [1.29, 1.82) is 0 Å². The van der Waals surface area contributed by atoms with Gasteiger partial charge >= 0.3 is 0 Å². The van der Waals surface area contributed by atoms with Crippen LogP contribution in [0.3, 0.4) is 0 Å². The van der Waals surface area contributed by atoms with Crippen LogP contribution in [0.5, 0.6) is 5.75 Å². The maximum absolute atomic E-state index is 13.4. The van der Waals surface area contributed by atoms with Gasteiger partial charge in [-0.25, -0.2) is 4.99 Å². The minimum atomic E-state index is -0.190. The lowest BCUT2D eigenvalue weighted by Gasteiger charge is -2.19.